The lowest BCUT2D eigenvalue weighted by Gasteiger charge is -2.50. The molecule has 0 amide bonds. The van der Waals surface area contributed by atoms with E-state index in [-0.39, 0.29) is 6.04 Å². The summed E-state index contributed by atoms with van der Waals surface area (Å²) >= 11 is 0. The number of aliphatic hydroxyl groups is 1. The van der Waals surface area contributed by atoms with Gasteiger partial charge >= 0.3 is 0 Å². The summed E-state index contributed by atoms with van der Waals surface area (Å²) in [5.41, 5.74) is 0.401. The van der Waals surface area contributed by atoms with Crippen molar-refractivity contribution in [3.05, 3.63) is 23.8 Å². The van der Waals surface area contributed by atoms with Crippen LogP contribution in [0.15, 0.2) is 18.2 Å². The van der Waals surface area contributed by atoms with Crippen molar-refractivity contribution in [2.24, 2.45) is 0 Å². The lowest BCUT2D eigenvalue weighted by Crippen LogP contribution is -2.61. The van der Waals surface area contributed by atoms with E-state index in [2.05, 4.69) is 30.7 Å². The van der Waals surface area contributed by atoms with Crippen LogP contribution in [0.25, 0.3) is 0 Å². The molecule has 5 nitrogen and oxygen atoms in total. The predicted octanol–water partition coefficient (Wildman–Crippen LogP) is 1.52. The molecule has 122 valence electrons. The average Bonchev–Trinajstić information content (AvgIpc) is 2.47. The van der Waals surface area contributed by atoms with Crippen LogP contribution >= 0.6 is 0 Å². The van der Waals surface area contributed by atoms with Crippen LogP contribution in [0.5, 0.6) is 11.5 Å². The molecule has 0 spiro atoms. The summed E-state index contributed by atoms with van der Waals surface area (Å²) in [4.78, 5) is 4.68. The maximum Gasteiger partial charge on any atom is 0.129 e. The molecule has 2 heterocycles. The minimum atomic E-state index is -0.548. The average molecular weight is 306 g/mol. The van der Waals surface area contributed by atoms with Crippen molar-refractivity contribution in [1.82, 2.24) is 9.80 Å². The lowest BCUT2D eigenvalue weighted by atomic mass is 9.84. The number of piperazine rings is 1. The van der Waals surface area contributed by atoms with Gasteiger partial charge in [-0.1, -0.05) is 0 Å². The molecule has 0 aromatic heterocycles. The number of rotatable bonds is 2. The van der Waals surface area contributed by atoms with E-state index in [9.17, 15) is 5.11 Å². The summed E-state index contributed by atoms with van der Waals surface area (Å²) < 4.78 is 11.5. The van der Waals surface area contributed by atoms with E-state index in [1.54, 1.807) is 7.11 Å². The molecule has 3 rings (SSSR count). The van der Waals surface area contributed by atoms with E-state index < -0.39 is 11.7 Å². The number of aliphatic hydroxyl groups excluding tert-OH is 1. The normalized spacial score (nSPS) is 28.8. The Morgan fingerprint density at radius 1 is 1.23 bits per heavy atom. The quantitative estimate of drug-likeness (QED) is 0.897. The Kier molecular flexibility index (Phi) is 4.05. The van der Waals surface area contributed by atoms with Crippen LogP contribution in [0.2, 0.25) is 0 Å². The number of methoxy groups -OCH3 is 1. The first-order valence-electron chi connectivity index (χ1n) is 7.90. The third-order valence-corrected chi connectivity index (χ3v) is 4.85. The van der Waals surface area contributed by atoms with Crippen molar-refractivity contribution >= 4 is 0 Å². The Labute approximate surface area is 132 Å². The van der Waals surface area contributed by atoms with E-state index in [1.807, 2.05) is 18.2 Å². The van der Waals surface area contributed by atoms with E-state index >= 15 is 0 Å². The third-order valence-electron chi connectivity index (χ3n) is 4.85. The number of hydrogen-bond acceptors (Lipinski definition) is 5. The maximum absolute atomic E-state index is 11.0. The second kappa shape index (κ2) is 5.72. The number of hydrogen-bond donors (Lipinski definition) is 1. The summed E-state index contributed by atoms with van der Waals surface area (Å²) in [6, 6.07) is 5.62. The largest absolute Gasteiger partial charge is 0.497 e. The van der Waals surface area contributed by atoms with Crippen LogP contribution < -0.4 is 9.47 Å². The van der Waals surface area contributed by atoms with E-state index in [0.717, 1.165) is 43.2 Å². The van der Waals surface area contributed by atoms with Crippen LogP contribution in [0.1, 0.15) is 25.5 Å². The van der Waals surface area contributed by atoms with Crippen molar-refractivity contribution in [2.75, 3.05) is 40.3 Å². The third kappa shape index (κ3) is 2.69. The summed E-state index contributed by atoms with van der Waals surface area (Å²) in [6.07, 6.45) is -0.548. The second-order valence-electron chi connectivity index (χ2n) is 6.84. The highest BCUT2D eigenvalue weighted by molar-refractivity contribution is 5.45. The van der Waals surface area contributed by atoms with Gasteiger partial charge in [-0.3, -0.25) is 4.90 Å². The molecule has 1 aromatic carbocycles. The molecule has 0 radical (unpaired) electrons. The minimum absolute atomic E-state index is 0.0397. The Morgan fingerprint density at radius 2 is 1.91 bits per heavy atom. The van der Waals surface area contributed by atoms with Crippen molar-refractivity contribution in [1.29, 1.82) is 0 Å². The highest BCUT2D eigenvalue weighted by Gasteiger charge is 2.46. The van der Waals surface area contributed by atoms with Gasteiger partial charge < -0.3 is 19.5 Å². The standard InChI is InChI=1S/C17H26N2O3/c1-17(2)16(19-9-7-18(3)8-10-19)15(20)13-6-5-12(21-4)11-14(13)22-17/h5-6,11,15-16,20H,7-10H2,1-4H3. The second-order valence-corrected chi connectivity index (χ2v) is 6.84. The topological polar surface area (TPSA) is 45.2 Å². The molecule has 1 aromatic rings. The summed E-state index contributed by atoms with van der Waals surface area (Å²) in [5, 5.41) is 11.0. The highest BCUT2D eigenvalue weighted by Crippen LogP contribution is 2.43. The van der Waals surface area contributed by atoms with Crippen LogP contribution in [0, 0.1) is 0 Å². The molecule has 1 fully saturated rings. The first-order valence-corrected chi connectivity index (χ1v) is 7.90. The van der Waals surface area contributed by atoms with Crippen molar-refractivity contribution < 1.29 is 14.6 Å². The number of ether oxygens (including phenoxy) is 2. The first-order chi connectivity index (χ1) is 10.4. The van der Waals surface area contributed by atoms with E-state index in [4.69, 9.17) is 9.47 Å². The van der Waals surface area contributed by atoms with Gasteiger partial charge in [0.05, 0.1) is 13.2 Å². The van der Waals surface area contributed by atoms with Gasteiger partial charge in [-0.2, -0.15) is 0 Å². The summed E-state index contributed by atoms with van der Waals surface area (Å²) in [5.74, 6) is 1.47. The van der Waals surface area contributed by atoms with Crippen LogP contribution in [-0.4, -0.2) is 66.9 Å². The van der Waals surface area contributed by atoms with Gasteiger partial charge in [-0.05, 0) is 33.0 Å². The zero-order chi connectivity index (χ0) is 15.9. The molecule has 0 aliphatic carbocycles. The Hall–Kier alpha value is -1.30. The van der Waals surface area contributed by atoms with E-state index in [0.29, 0.717) is 0 Å². The summed E-state index contributed by atoms with van der Waals surface area (Å²) in [7, 11) is 3.77. The van der Waals surface area contributed by atoms with Crippen molar-refractivity contribution in [2.45, 2.75) is 31.6 Å². The maximum atomic E-state index is 11.0. The highest BCUT2D eigenvalue weighted by atomic mass is 16.5. The minimum Gasteiger partial charge on any atom is -0.497 e. The lowest BCUT2D eigenvalue weighted by molar-refractivity contribution is -0.0919. The zero-order valence-electron chi connectivity index (χ0n) is 13.9. The van der Waals surface area contributed by atoms with Crippen molar-refractivity contribution in [3.8, 4) is 11.5 Å². The molecule has 2 aliphatic heterocycles. The number of fused-ring (bicyclic) bond motifs is 1. The fourth-order valence-electron chi connectivity index (χ4n) is 3.61. The summed E-state index contributed by atoms with van der Waals surface area (Å²) in [6.45, 7) is 8.07. The smallest absolute Gasteiger partial charge is 0.129 e. The van der Waals surface area contributed by atoms with Gasteiger partial charge in [0.2, 0.25) is 0 Å². The SMILES string of the molecule is COc1ccc2c(c1)OC(C)(C)C(N1CCN(C)CC1)C2O. The zero-order valence-corrected chi connectivity index (χ0v) is 13.9. The monoisotopic (exact) mass is 306 g/mol. The number of nitrogens with zero attached hydrogens (tertiary/aromatic N) is 2. The molecule has 2 atom stereocenters. The molecule has 2 aliphatic rings. The van der Waals surface area contributed by atoms with Gasteiger partial charge in [0.25, 0.3) is 0 Å². The number of benzene rings is 1. The van der Waals surface area contributed by atoms with Gasteiger partial charge in [-0.15, -0.1) is 0 Å². The van der Waals surface area contributed by atoms with Crippen molar-refractivity contribution in [3.63, 3.8) is 0 Å². The molecule has 1 saturated heterocycles. The van der Waals surface area contributed by atoms with Gasteiger partial charge in [0.15, 0.2) is 0 Å². The predicted molar refractivity (Wildman–Crippen MR) is 85.5 cm³/mol. The molecular weight excluding hydrogens is 280 g/mol. The fourth-order valence-corrected chi connectivity index (χ4v) is 3.61. The molecular formula is C17H26N2O3. The van der Waals surface area contributed by atoms with Gasteiger partial charge in [0.1, 0.15) is 23.2 Å². The Morgan fingerprint density at radius 3 is 2.55 bits per heavy atom. The Bertz CT molecular complexity index is 539. The molecule has 5 heteroatoms. The van der Waals surface area contributed by atoms with E-state index in [1.165, 1.54) is 0 Å². The van der Waals surface area contributed by atoms with Crippen LogP contribution in [0.3, 0.4) is 0 Å². The molecule has 0 saturated carbocycles. The molecule has 22 heavy (non-hydrogen) atoms. The number of likely N-dealkylation sites (N-methyl/N-ethyl adjacent to an activating group) is 1. The van der Waals surface area contributed by atoms with Crippen LogP contribution in [0.4, 0.5) is 0 Å². The molecule has 1 N–H and O–H groups in total. The first kappa shape index (κ1) is 15.6. The Balaban J connectivity index is 1.91. The molecule has 2 unspecified atom stereocenters. The molecule has 0 bridgehead atoms. The van der Waals surface area contributed by atoms with Gasteiger partial charge in [-0.25, -0.2) is 0 Å². The van der Waals surface area contributed by atoms with Crippen LogP contribution in [-0.2, 0) is 0 Å². The van der Waals surface area contributed by atoms with Gasteiger partial charge in [0, 0.05) is 37.8 Å². The fraction of sp³-hybridized carbons (Fsp3) is 0.647.